The van der Waals surface area contributed by atoms with Gasteiger partial charge in [0, 0.05) is 18.5 Å². The Morgan fingerprint density at radius 2 is 2.07 bits per heavy atom. The van der Waals surface area contributed by atoms with E-state index in [9.17, 15) is 14.0 Å². The van der Waals surface area contributed by atoms with Crippen molar-refractivity contribution in [2.45, 2.75) is 45.8 Å². The fourth-order valence-electron chi connectivity index (χ4n) is 3.53. The minimum absolute atomic E-state index is 0.0420. The number of hydrogen-bond donors (Lipinski definition) is 1. The first kappa shape index (κ1) is 19.7. The molecule has 10 heteroatoms. The number of aryl methyl sites for hydroxylation is 2. The van der Waals surface area contributed by atoms with Crippen LogP contribution in [0.1, 0.15) is 58.0 Å². The first-order chi connectivity index (χ1) is 14.4. The van der Waals surface area contributed by atoms with Gasteiger partial charge in [0.1, 0.15) is 23.2 Å². The minimum atomic E-state index is -0.434. The van der Waals surface area contributed by atoms with Crippen LogP contribution in [-0.4, -0.2) is 32.0 Å². The van der Waals surface area contributed by atoms with E-state index in [1.807, 2.05) is 0 Å². The number of hydrogen-bond acceptors (Lipinski definition) is 7. The Balaban J connectivity index is 1.44. The number of nitrogens with one attached hydrogen (secondary N) is 1. The summed E-state index contributed by atoms with van der Waals surface area (Å²) in [4.78, 5) is 30.5. The number of amides is 2. The van der Waals surface area contributed by atoms with Crippen molar-refractivity contribution in [3.8, 4) is 0 Å². The quantitative estimate of drug-likeness (QED) is 0.661. The minimum Gasteiger partial charge on any atom is -0.361 e. The van der Waals surface area contributed by atoms with Crippen LogP contribution in [0.3, 0.4) is 0 Å². The van der Waals surface area contributed by atoms with E-state index in [0.717, 1.165) is 0 Å². The standard InChI is InChI=1S/C20H20FN5O4/c1-11-18(12(2)29-24-11)19(28)22-9-16-23-20(30-25-16)15-7-8-17(27)26(15)10-13-5-3-4-6-14(13)21/h3-6,15H,7-10H2,1-2H3,(H,22,28)/t15-/m0/s1. The average Bonchev–Trinajstić information content (AvgIpc) is 3.42. The highest BCUT2D eigenvalue weighted by atomic mass is 19.1. The molecule has 3 aromatic rings. The number of nitrogens with zero attached hydrogens (tertiary/aromatic N) is 4. The zero-order chi connectivity index (χ0) is 21.3. The molecule has 9 nitrogen and oxygen atoms in total. The van der Waals surface area contributed by atoms with Gasteiger partial charge in [0.15, 0.2) is 5.82 Å². The molecular formula is C20H20FN5O4. The summed E-state index contributed by atoms with van der Waals surface area (Å²) < 4.78 is 24.3. The number of halogens is 1. The number of rotatable bonds is 6. The van der Waals surface area contributed by atoms with Crippen molar-refractivity contribution >= 4 is 11.8 Å². The van der Waals surface area contributed by atoms with Crippen LogP contribution >= 0.6 is 0 Å². The number of aromatic nitrogens is 3. The summed E-state index contributed by atoms with van der Waals surface area (Å²) in [5.41, 5.74) is 1.28. The second-order valence-corrected chi connectivity index (χ2v) is 7.10. The van der Waals surface area contributed by atoms with Crippen LogP contribution in [0.2, 0.25) is 0 Å². The summed E-state index contributed by atoms with van der Waals surface area (Å²) in [6.45, 7) is 3.50. The summed E-state index contributed by atoms with van der Waals surface area (Å²) in [5.74, 6) is 0.134. The predicted molar refractivity (Wildman–Crippen MR) is 100 cm³/mol. The van der Waals surface area contributed by atoms with Gasteiger partial charge in [-0.3, -0.25) is 9.59 Å². The van der Waals surface area contributed by atoms with Crippen LogP contribution in [0.4, 0.5) is 4.39 Å². The van der Waals surface area contributed by atoms with E-state index in [2.05, 4.69) is 20.6 Å². The highest BCUT2D eigenvalue weighted by Crippen LogP contribution is 2.33. The van der Waals surface area contributed by atoms with Gasteiger partial charge in [-0.2, -0.15) is 4.98 Å². The molecule has 0 spiro atoms. The molecule has 0 aliphatic carbocycles. The van der Waals surface area contributed by atoms with Crippen molar-refractivity contribution in [1.29, 1.82) is 0 Å². The van der Waals surface area contributed by atoms with Crippen LogP contribution in [0.5, 0.6) is 0 Å². The first-order valence-corrected chi connectivity index (χ1v) is 9.50. The smallest absolute Gasteiger partial charge is 0.257 e. The van der Waals surface area contributed by atoms with Gasteiger partial charge >= 0.3 is 0 Å². The molecule has 30 heavy (non-hydrogen) atoms. The van der Waals surface area contributed by atoms with Gasteiger partial charge in [0.05, 0.1) is 12.2 Å². The van der Waals surface area contributed by atoms with Crippen molar-refractivity contribution < 1.29 is 23.0 Å². The van der Waals surface area contributed by atoms with Crippen LogP contribution in [0.15, 0.2) is 33.3 Å². The molecule has 2 aromatic heterocycles. The summed E-state index contributed by atoms with van der Waals surface area (Å²) in [7, 11) is 0. The monoisotopic (exact) mass is 413 g/mol. The number of carbonyl (C=O) groups is 2. The molecule has 0 bridgehead atoms. The van der Waals surface area contributed by atoms with Gasteiger partial charge in [0.25, 0.3) is 5.91 Å². The Kier molecular flexibility index (Phi) is 5.30. The molecule has 0 saturated carbocycles. The van der Waals surface area contributed by atoms with Crippen molar-refractivity contribution in [3.63, 3.8) is 0 Å². The fraction of sp³-hybridized carbons (Fsp3) is 0.350. The van der Waals surface area contributed by atoms with Crippen LogP contribution in [0.25, 0.3) is 0 Å². The average molecular weight is 413 g/mol. The van der Waals surface area contributed by atoms with Gasteiger partial charge in [-0.25, -0.2) is 4.39 Å². The molecule has 1 N–H and O–H groups in total. The van der Waals surface area contributed by atoms with Crippen LogP contribution in [0, 0.1) is 19.7 Å². The van der Waals surface area contributed by atoms with Gasteiger partial charge < -0.3 is 19.3 Å². The molecule has 4 rings (SSSR count). The van der Waals surface area contributed by atoms with Crippen LogP contribution < -0.4 is 5.32 Å². The Labute approximate surface area is 171 Å². The normalized spacial score (nSPS) is 16.3. The highest BCUT2D eigenvalue weighted by molar-refractivity contribution is 5.95. The lowest BCUT2D eigenvalue weighted by Gasteiger charge is -2.22. The molecule has 1 saturated heterocycles. The Bertz CT molecular complexity index is 1070. The lowest BCUT2D eigenvalue weighted by atomic mass is 10.1. The van der Waals surface area contributed by atoms with Crippen LogP contribution in [-0.2, 0) is 17.9 Å². The molecule has 1 aromatic carbocycles. The highest BCUT2D eigenvalue weighted by Gasteiger charge is 2.36. The second-order valence-electron chi connectivity index (χ2n) is 7.10. The maximum absolute atomic E-state index is 14.0. The molecule has 0 radical (unpaired) electrons. The number of likely N-dealkylation sites (tertiary alicyclic amines) is 1. The topological polar surface area (TPSA) is 114 Å². The third kappa shape index (κ3) is 3.80. The van der Waals surface area contributed by atoms with Crippen molar-refractivity contribution in [1.82, 2.24) is 25.5 Å². The number of carbonyl (C=O) groups excluding carboxylic acids is 2. The van der Waals surface area contributed by atoms with Crippen molar-refractivity contribution in [2.75, 3.05) is 0 Å². The Morgan fingerprint density at radius 3 is 2.80 bits per heavy atom. The molecule has 1 fully saturated rings. The molecule has 1 aliphatic heterocycles. The molecule has 1 atom stereocenters. The largest absolute Gasteiger partial charge is 0.361 e. The van der Waals surface area contributed by atoms with E-state index in [0.29, 0.717) is 35.4 Å². The third-order valence-electron chi connectivity index (χ3n) is 5.06. The fourth-order valence-corrected chi connectivity index (χ4v) is 3.53. The SMILES string of the molecule is Cc1noc(C)c1C(=O)NCc1noc([C@@H]2CCC(=O)N2Cc2ccccc2F)n1. The summed E-state index contributed by atoms with van der Waals surface area (Å²) in [6, 6.07) is 5.89. The summed E-state index contributed by atoms with van der Waals surface area (Å²) in [5, 5.41) is 10.3. The zero-order valence-electron chi connectivity index (χ0n) is 16.5. The maximum atomic E-state index is 14.0. The van der Waals surface area contributed by atoms with E-state index < -0.39 is 6.04 Å². The van der Waals surface area contributed by atoms with Gasteiger partial charge in [0.2, 0.25) is 11.8 Å². The lowest BCUT2D eigenvalue weighted by Crippen LogP contribution is -2.28. The van der Waals surface area contributed by atoms with E-state index >= 15 is 0 Å². The van der Waals surface area contributed by atoms with E-state index in [4.69, 9.17) is 9.05 Å². The predicted octanol–water partition coefficient (Wildman–Crippen LogP) is 2.61. The van der Waals surface area contributed by atoms with Crippen molar-refractivity contribution in [3.05, 3.63) is 64.4 Å². The van der Waals surface area contributed by atoms with E-state index in [1.165, 1.54) is 11.0 Å². The first-order valence-electron chi connectivity index (χ1n) is 9.50. The molecular weight excluding hydrogens is 393 g/mol. The Hall–Kier alpha value is -3.56. The zero-order valence-corrected chi connectivity index (χ0v) is 16.5. The van der Waals surface area contributed by atoms with Gasteiger partial charge in [-0.05, 0) is 26.3 Å². The van der Waals surface area contributed by atoms with E-state index in [-0.39, 0.29) is 42.4 Å². The maximum Gasteiger partial charge on any atom is 0.257 e. The molecule has 156 valence electrons. The molecule has 0 unspecified atom stereocenters. The Morgan fingerprint density at radius 1 is 1.27 bits per heavy atom. The number of benzene rings is 1. The van der Waals surface area contributed by atoms with Crippen molar-refractivity contribution in [2.24, 2.45) is 0 Å². The molecule has 2 amide bonds. The molecule has 1 aliphatic rings. The summed E-state index contributed by atoms with van der Waals surface area (Å²) >= 11 is 0. The summed E-state index contributed by atoms with van der Waals surface area (Å²) in [6.07, 6.45) is 0.819. The van der Waals surface area contributed by atoms with Gasteiger partial charge in [-0.15, -0.1) is 0 Å². The third-order valence-corrected chi connectivity index (χ3v) is 5.06. The molecule has 3 heterocycles. The van der Waals surface area contributed by atoms with Gasteiger partial charge in [-0.1, -0.05) is 28.5 Å². The second kappa shape index (κ2) is 8.05. The van der Waals surface area contributed by atoms with E-state index in [1.54, 1.807) is 32.0 Å². The lowest BCUT2D eigenvalue weighted by molar-refractivity contribution is -0.130.